The number of benzene rings is 1. The predicted octanol–water partition coefficient (Wildman–Crippen LogP) is 3.85. The summed E-state index contributed by atoms with van der Waals surface area (Å²) in [5, 5.41) is 16.5. The zero-order valence-corrected chi connectivity index (χ0v) is 16.3. The lowest BCUT2D eigenvalue weighted by Gasteiger charge is -2.14. The van der Waals surface area contributed by atoms with E-state index in [0.29, 0.717) is 11.7 Å². The minimum absolute atomic E-state index is 0.0179. The summed E-state index contributed by atoms with van der Waals surface area (Å²) in [5.74, 6) is 0. The summed E-state index contributed by atoms with van der Waals surface area (Å²) in [6.07, 6.45) is 5.62. The summed E-state index contributed by atoms with van der Waals surface area (Å²) in [5.41, 5.74) is 2.87. The summed E-state index contributed by atoms with van der Waals surface area (Å²) in [4.78, 5) is 0. The fraction of sp³-hybridized carbons (Fsp3) is 0.278. The van der Waals surface area contributed by atoms with Crippen molar-refractivity contribution < 1.29 is 0 Å². The second-order valence-electron chi connectivity index (χ2n) is 5.97. The molecule has 3 rings (SSSR count). The molecule has 0 amide bonds. The van der Waals surface area contributed by atoms with Crippen molar-refractivity contribution >= 4 is 34.6 Å². The highest BCUT2D eigenvalue weighted by Crippen LogP contribution is 2.14. The van der Waals surface area contributed by atoms with Crippen molar-refractivity contribution in [3.63, 3.8) is 0 Å². The molecular formula is C18H21ClN6S. The number of thiocarbonyl (C=S) groups is 1. The first-order chi connectivity index (χ1) is 12.5. The number of anilines is 1. The molecule has 0 aliphatic carbocycles. The topological polar surface area (TPSA) is 59.7 Å². The van der Waals surface area contributed by atoms with Gasteiger partial charge < -0.3 is 10.6 Å². The number of hydrogen-bond acceptors (Lipinski definition) is 3. The fourth-order valence-electron chi connectivity index (χ4n) is 2.56. The van der Waals surface area contributed by atoms with Crippen LogP contribution in [0.25, 0.3) is 0 Å². The maximum Gasteiger partial charge on any atom is 0.171 e. The van der Waals surface area contributed by atoms with E-state index in [1.165, 1.54) is 0 Å². The molecule has 0 aliphatic heterocycles. The van der Waals surface area contributed by atoms with E-state index in [1.54, 1.807) is 6.20 Å². The van der Waals surface area contributed by atoms with Crippen LogP contribution in [0, 0.1) is 0 Å². The molecule has 0 aliphatic rings. The second kappa shape index (κ2) is 8.33. The number of aromatic nitrogens is 4. The molecule has 0 saturated carbocycles. The summed E-state index contributed by atoms with van der Waals surface area (Å²) < 4.78 is 3.73. The summed E-state index contributed by atoms with van der Waals surface area (Å²) in [6.45, 7) is 5.58. The van der Waals surface area contributed by atoms with Gasteiger partial charge >= 0.3 is 0 Å². The van der Waals surface area contributed by atoms with Crippen molar-refractivity contribution in [2.45, 2.75) is 33.0 Å². The molecule has 3 aromatic rings. The van der Waals surface area contributed by atoms with Crippen molar-refractivity contribution in [1.29, 1.82) is 0 Å². The van der Waals surface area contributed by atoms with Crippen molar-refractivity contribution in [2.24, 2.45) is 0 Å². The average molecular weight is 389 g/mol. The van der Waals surface area contributed by atoms with Crippen molar-refractivity contribution in [3.8, 4) is 0 Å². The monoisotopic (exact) mass is 388 g/mol. The lowest BCUT2D eigenvalue weighted by molar-refractivity contribution is 0.613. The minimum Gasteiger partial charge on any atom is -0.354 e. The molecule has 2 heterocycles. The minimum atomic E-state index is 0.0179. The van der Waals surface area contributed by atoms with Gasteiger partial charge in [0.25, 0.3) is 0 Å². The Morgan fingerprint density at radius 1 is 1.31 bits per heavy atom. The van der Waals surface area contributed by atoms with Crippen LogP contribution < -0.4 is 10.6 Å². The maximum atomic E-state index is 6.02. The standard InChI is InChI=1S/C18H21ClN6S/c1-3-24-8-7-17(23-24)13(2)21-18(26)22-16-10-20-25(12-16)11-14-5-4-6-15(19)9-14/h4-10,12-13H,3,11H2,1-2H3,(H2,21,22,26). The summed E-state index contributed by atoms with van der Waals surface area (Å²) in [7, 11) is 0. The van der Waals surface area contributed by atoms with Gasteiger partial charge in [-0.05, 0) is 49.8 Å². The molecule has 0 saturated heterocycles. The number of aryl methyl sites for hydroxylation is 1. The molecular weight excluding hydrogens is 368 g/mol. The Kier molecular flexibility index (Phi) is 5.90. The van der Waals surface area contributed by atoms with Crippen molar-refractivity contribution in [1.82, 2.24) is 24.9 Å². The molecule has 136 valence electrons. The van der Waals surface area contributed by atoms with Crippen molar-refractivity contribution in [3.05, 3.63) is 65.2 Å². The lowest BCUT2D eigenvalue weighted by Crippen LogP contribution is -2.31. The van der Waals surface area contributed by atoms with Crippen molar-refractivity contribution in [2.75, 3.05) is 5.32 Å². The third-order valence-corrected chi connectivity index (χ3v) is 4.36. The lowest BCUT2D eigenvalue weighted by atomic mass is 10.2. The number of nitrogens with zero attached hydrogens (tertiary/aromatic N) is 4. The van der Waals surface area contributed by atoms with Gasteiger partial charge in [0, 0.05) is 24.0 Å². The van der Waals surface area contributed by atoms with Crippen LogP contribution in [-0.2, 0) is 13.1 Å². The van der Waals surface area contributed by atoms with Gasteiger partial charge in [0.15, 0.2) is 5.11 Å². The fourth-order valence-corrected chi connectivity index (χ4v) is 3.07. The van der Waals surface area contributed by atoms with Crippen LogP contribution in [-0.4, -0.2) is 24.7 Å². The second-order valence-corrected chi connectivity index (χ2v) is 6.82. The Bertz CT molecular complexity index is 887. The largest absolute Gasteiger partial charge is 0.354 e. The number of hydrogen-bond donors (Lipinski definition) is 2. The van der Waals surface area contributed by atoms with Gasteiger partial charge in [-0.2, -0.15) is 10.2 Å². The van der Waals surface area contributed by atoms with Gasteiger partial charge in [0.1, 0.15) is 0 Å². The van der Waals surface area contributed by atoms with Crippen LogP contribution in [0.2, 0.25) is 5.02 Å². The van der Waals surface area contributed by atoms with Crippen LogP contribution in [0.1, 0.15) is 31.1 Å². The Hall–Kier alpha value is -2.38. The summed E-state index contributed by atoms with van der Waals surface area (Å²) >= 11 is 11.4. The third kappa shape index (κ3) is 4.83. The van der Waals surface area contributed by atoms with E-state index in [1.807, 2.05) is 59.0 Å². The molecule has 2 N–H and O–H groups in total. The van der Waals surface area contributed by atoms with Gasteiger partial charge in [0.2, 0.25) is 0 Å². The van der Waals surface area contributed by atoms with Crippen LogP contribution >= 0.6 is 23.8 Å². The third-order valence-electron chi connectivity index (χ3n) is 3.90. The Morgan fingerprint density at radius 3 is 2.88 bits per heavy atom. The Labute approximate surface area is 163 Å². The van der Waals surface area contributed by atoms with E-state index in [-0.39, 0.29) is 6.04 Å². The highest BCUT2D eigenvalue weighted by Gasteiger charge is 2.11. The molecule has 1 atom stereocenters. The molecule has 1 aromatic carbocycles. The Balaban J connectivity index is 1.55. The molecule has 26 heavy (non-hydrogen) atoms. The molecule has 0 spiro atoms. The van der Waals surface area contributed by atoms with Gasteiger partial charge in [0.05, 0.1) is 30.2 Å². The van der Waals surface area contributed by atoms with Crippen LogP contribution in [0.4, 0.5) is 5.69 Å². The van der Waals surface area contributed by atoms with Crippen LogP contribution in [0.3, 0.4) is 0 Å². The normalized spacial score (nSPS) is 12.0. The van der Waals surface area contributed by atoms with Gasteiger partial charge in [-0.1, -0.05) is 23.7 Å². The van der Waals surface area contributed by atoms with E-state index >= 15 is 0 Å². The molecule has 6 nitrogen and oxygen atoms in total. The quantitative estimate of drug-likeness (QED) is 0.628. The van der Waals surface area contributed by atoms with E-state index in [4.69, 9.17) is 23.8 Å². The predicted molar refractivity (Wildman–Crippen MR) is 108 cm³/mol. The first kappa shape index (κ1) is 18.4. The van der Waals surface area contributed by atoms with Gasteiger partial charge in [-0.15, -0.1) is 0 Å². The molecule has 8 heteroatoms. The molecule has 0 bridgehead atoms. The molecule has 1 unspecified atom stereocenters. The Morgan fingerprint density at radius 2 is 2.15 bits per heavy atom. The van der Waals surface area contributed by atoms with Gasteiger partial charge in [-0.3, -0.25) is 9.36 Å². The van der Waals surface area contributed by atoms with E-state index < -0.39 is 0 Å². The molecule has 0 fully saturated rings. The smallest absolute Gasteiger partial charge is 0.171 e. The molecule has 0 radical (unpaired) electrons. The first-order valence-corrected chi connectivity index (χ1v) is 9.20. The van der Waals surface area contributed by atoms with Gasteiger partial charge in [-0.25, -0.2) is 0 Å². The molecule has 2 aromatic heterocycles. The zero-order valence-electron chi connectivity index (χ0n) is 14.7. The zero-order chi connectivity index (χ0) is 18.5. The summed E-state index contributed by atoms with van der Waals surface area (Å²) in [6, 6.07) is 9.75. The number of halogens is 1. The van der Waals surface area contributed by atoms with Crippen LogP contribution in [0.15, 0.2) is 48.9 Å². The highest BCUT2D eigenvalue weighted by molar-refractivity contribution is 7.80. The number of nitrogens with one attached hydrogen (secondary N) is 2. The van der Waals surface area contributed by atoms with E-state index in [2.05, 4.69) is 27.8 Å². The highest BCUT2D eigenvalue weighted by atomic mass is 35.5. The van der Waals surface area contributed by atoms with Crippen LogP contribution in [0.5, 0.6) is 0 Å². The number of rotatable bonds is 6. The average Bonchev–Trinajstić information content (AvgIpc) is 3.24. The first-order valence-electron chi connectivity index (χ1n) is 8.41. The SMILES string of the molecule is CCn1ccc(C(C)NC(=S)Nc2cnn(Cc3cccc(Cl)c3)c2)n1. The van der Waals surface area contributed by atoms with E-state index in [0.717, 1.165) is 28.5 Å². The maximum absolute atomic E-state index is 6.02. The van der Waals surface area contributed by atoms with E-state index in [9.17, 15) is 0 Å².